The number of thiol groups is 1. The fraction of sp³-hybridized carbons (Fsp3) is 0.667. The van der Waals surface area contributed by atoms with Gasteiger partial charge in [-0.3, -0.25) is 4.90 Å². The molecule has 2 nitrogen and oxygen atoms in total. The summed E-state index contributed by atoms with van der Waals surface area (Å²) in [6, 6.07) is 8.48. The molecule has 3 heteroatoms. The number of nitrogens with zero attached hydrogens (tertiary/aromatic N) is 1. The minimum atomic E-state index is 0.416. The lowest BCUT2D eigenvalue weighted by Crippen LogP contribution is -2.39. The lowest BCUT2D eigenvalue weighted by atomic mass is 9.81. The number of para-hydroxylation sites is 1. The highest BCUT2D eigenvalue weighted by molar-refractivity contribution is 7.80. The number of rotatable bonds is 3. The first kappa shape index (κ1) is 15.2. The van der Waals surface area contributed by atoms with Gasteiger partial charge in [-0.2, -0.15) is 12.6 Å². The van der Waals surface area contributed by atoms with E-state index in [-0.39, 0.29) is 0 Å². The summed E-state index contributed by atoms with van der Waals surface area (Å²) in [5, 5.41) is 0. The summed E-state index contributed by atoms with van der Waals surface area (Å²) < 4.78 is 5.90. The van der Waals surface area contributed by atoms with Crippen LogP contribution in [0.1, 0.15) is 44.1 Å². The van der Waals surface area contributed by atoms with Crippen molar-refractivity contribution in [1.29, 1.82) is 0 Å². The average molecular weight is 305 g/mol. The second kappa shape index (κ2) is 7.06. The Balaban J connectivity index is 1.71. The molecule has 0 aromatic heterocycles. The monoisotopic (exact) mass is 305 g/mol. The summed E-state index contributed by atoms with van der Waals surface area (Å²) in [5.74, 6) is 2.09. The molecular weight excluding hydrogens is 278 g/mol. The highest BCUT2D eigenvalue weighted by Gasteiger charge is 2.32. The van der Waals surface area contributed by atoms with Crippen LogP contribution in [0, 0.1) is 5.41 Å². The first-order chi connectivity index (χ1) is 10.3. The van der Waals surface area contributed by atoms with Crippen LogP contribution < -0.4 is 4.74 Å². The highest BCUT2D eigenvalue weighted by Crippen LogP contribution is 2.37. The molecular formula is C18H27NOS. The Morgan fingerprint density at radius 1 is 1.10 bits per heavy atom. The fourth-order valence-electron chi connectivity index (χ4n) is 3.83. The molecule has 0 radical (unpaired) electrons. The van der Waals surface area contributed by atoms with Gasteiger partial charge in [-0.25, -0.2) is 0 Å². The van der Waals surface area contributed by atoms with Crippen LogP contribution in [0.15, 0.2) is 24.3 Å². The third-order valence-corrected chi connectivity index (χ3v) is 5.76. The van der Waals surface area contributed by atoms with E-state index in [0.29, 0.717) is 5.41 Å². The molecule has 0 spiro atoms. The Bertz CT molecular complexity index is 454. The maximum atomic E-state index is 5.90. The SMILES string of the molecule is SCC1(CN2CCOc3ccccc3C2)CCCCCC1. The van der Waals surface area contributed by atoms with Crippen molar-refractivity contribution >= 4 is 12.6 Å². The average Bonchev–Trinajstić information content (AvgIpc) is 2.86. The van der Waals surface area contributed by atoms with Crippen LogP contribution >= 0.6 is 12.6 Å². The van der Waals surface area contributed by atoms with E-state index in [2.05, 4.69) is 29.2 Å². The van der Waals surface area contributed by atoms with Crippen LogP contribution in [0.4, 0.5) is 0 Å². The zero-order chi connectivity index (χ0) is 14.5. The Kier molecular flexibility index (Phi) is 5.12. The molecule has 1 aliphatic heterocycles. The van der Waals surface area contributed by atoms with Crippen molar-refractivity contribution in [2.24, 2.45) is 5.41 Å². The van der Waals surface area contributed by atoms with Gasteiger partial charge in [-0.1, -0.05) is 43.9 Å². The summed E-state index contributed by atoms with van der Waals surface area (Å²) in [5.41, 5.74) is 1.75. The predicted molar refractivity (Wildman–Crippen MR) is 91.2 cm³/mol. The van der Waals surface area contributed by atoms with Crippen molar-refractivity contribution in [2.45, 2.75) is 45.1 Å². The van der Waals surface area contributed by atoms with Crippen molar-refractivity contribution in [3.05, 3.63) is 29.8 Å². The summed E-state index contributed by atoms with van der Waals surface area (Å²) >= 11 is 4.72. The van der Waals surface area contributed by atoms with Crippen LogP contribution in [0.2, 0.25) is 0 Å². The van der Waals surface area contributed by atoms with E-state index in [4.69, 9.17) is 17.4 Å². The third-order valence-electron chi connectivity index (χ3n) is 5.09. The summed E-state index contributed by atoms with van der Waals surface area (Å²) in [6.45, 7) is 4.03. The molecule has 1 aliphatic carbocycles. The first-order valence-electron chi connectivity index (χ1n) is 8.35. The van der Waals surface area contributed by atoms with E-state index >= 15 is 0 Å². The third kappa shape index (κ3) is 3.75. The quantitative estimate of drug-likeness (QED) is 0.665. The van der Waals surface area contributed by atoms with Gasteiger partial charge in [0, 0.05) is 25.2 Å². The van der Waals surface area contributed by atoms with Crippen molar-refractivity contribution in [1.82, 2.24) is 4.90 Å². The van der Waals surface area contributed by atoms with Crippen LogP contribution in [-0.4, -0.2) is 30.3 Å². The van der Waals surface area contributed by atoms with Gasteiger partial charge in [0.2, 0.25) is 0 Å². The Hall–Kier alpha value is -0.670. The van der Waals surface area contributed by atoms with Gasteiger partial charge < -0.3 is 4.74 Å². The second-order valence-electron chi connectivity index (χ2n) is 6.74. The normalized spacial score (nSPS) is 22.7. The lowest BCUT2D eigenvalue weighted by Gasteiger charge is -2.36. The van der Waals surface area contributed by atoms with E-state index in [1.165, 1.54) is 50.6 Å². The molecule has 1 heterocycles. The molecule has 1 saturated carbocycles. The largest absolute Gasteiger partial charge is 0.492 e. The minimum absolute atomic E-state index is 0.416. The van der Waals surface area contributed by atoms with Crippen LogP contribution in [0.3, 0.4) is 0 Å². The maximum absolute atomic E-state index is 5.90. The van der Waals surface area contributed by atoms with E-state index in [9.17, 15) is 0 Å². The van der Waals surface area contributed by atoms with Gasteiger partial charge in [-0.15, -0.1) is 0 Å². The van der Waals surface area contributed by atoms with Crippen molar-refractivity contribution in [3.63, 3.8) is 0 Å². The van der Waals surface area contributed by atoms with E-state index < -0.39 is 0 Å². The number of ether oxygens (including phenoxy) is 1. The number of benzene rings is 1. The van der Waals surface area contributed by atoms with Crippen molar-refractivity contribution in [3.8, 4) is 5.75 Å². The Morgan fingerprint density at radius 2 is 1.86 bits per heavy atom. The van der Waals surface area contributed by atoms with Crippen molar-refractivity contribution in [2.75, 3.05) is 25.4 Å². The number of hydrogen-bond donors (Lipinski definition) is 1. The van der Waals surface area contributed by atoms with E-state index in [1.54, 1.807) is 0 Å². The van der Waals surface area contributed by atoms with Crippen LogP contribution in [0.25, 0.3) is 0 Å². The van der Waals surface area contributed by atoms with Gasteiger partial charge >= 0.3 is 0 Å². The van der Waals surface area contributed by atoms with E-state index in [0.717, 1.165) is 31.2 Å². The summed E-state index contributed by atoms with van der Waals surface area (Å²) in [4.78, 5) is 2.59. The molecule has 0 atom stereocenters. The van der Waals surface area contributed by atoms with Crippen molar-refractivity contribution < 1.29 is 4.74 Å². The number of fused-ring (bicyclic) bond motifs is 1. The van der Waals surface area contributed by atoms with E-state index in [1.807, 2.05) is 0 Å². The van der Waals surface area contributed by atoms with Gasteiger partial charge in [0.05, 0.1) is 0 Å². The maximum Gasteiger partial charge on any atom is 0.123 e. The molecule has 0 amide bonds. The summed E-state index contributed by atoms with van der Waals surface area (Å²) in [6.07, 6.45) is 8.25. The summed E-state index contributed by atoms with van der Waals surface area (Å²) in [7, 11) is 0. The lowest BCUT2D eigenvalue weighted by molar-refractivity contribution is 0.135. The smallest absolute Gasteiger partial charge is 0.123 e. The van der Waals surface area contributed by atoms with Gasteiger partial charge in [0.1, 0.15) is 12.4 Å². The zero-order valence-corrected chi connectivity index (χ0v) is 13.8. The van der Waals surface area contributed by atoms with Gasteiger partial charge in [0.25, 0.3) is 0 Å². The fourth-order valence-corrected chi connectivity index (χ4v) is 4.25. The predicted octanol–water partition coefficient (Wildman–Crippen LogP) is 4.15. The van der Waals surface area contributed by atoms with Crippen LogP contribution in [-0.2, 0) is 6.54 Å². The molecule has 3 rings (SSSR count). The molecule has 0 bridgehead atoms. The molecule has 116 valence electrons. The first-order valence-corrected chi connectivity index (χ1v) is 8.99. The molecule has 0 unspecified atom stereocenters. The minimum Gasteiger partial charge on any atom is -0.492 e. The van der Waals surface area contributed by atoms with Gasteiger partial charge in [0.15, 0.2) is 0 Å². The molecule has 2 aliphatic rings. The highest BCUT2D eigenvalue weighted by atomic mass is 32.1. The Morgan fingerprint density at radius 3 is 2.62 bits per heavy atom. The van der Waals surface area contributed by atoms with Crippen LogP contribution in [0.5, 0.6) is 5.75 Å². The molecule has 1 aromatic carbocycles. The number of hydrogen-bond acceptors (Lipinski definition) is 3. The van der Waals surface area contributed by atoms with Gasteiger partial charge in [-0.05, 0) is 30.1 Å². The second-order valence-corrected chi connectivity index (χ2v) is 7.06. The topological polar surface area (TPSA) is 12.5 Å². The molecule has 1 aromatic rings. The molecule has 1 fully saturated rings. The zero-order valence-electron chi connectivity index (χ0n) is 12.9. The molecule has 0 N–H and O–H groups in total. The Labute approximate surface area is 134 Å². The molecule has 0 saturated heterocycles. The molecule has 21 heavy (non-hydrogen) atoms. The standard InChI is InChI=1S/C18H27NOS/c21-15-18(9-5-1-2-6-10-18)14-19-11-12-20-17-8-4-3-7-16(17)13-19/h3-4,7-8,21H,1-2,5-6,9-15H2.